The van der Waals surface area contributed by atoms with E-state index in [1.807, 2.05) is 0 Å². The number of pyridine rings is 1. The van der Waals surface area contributed by atoms with Crippen LogP contribution in [0.15, 0.2) is 35.3 Å². The standard InChI is InChI=1S/C22H20ClF2N3O5/c1-10-3-6-15(33-2)14-9-27(10)22(32)18-20(30)19(29)12(8-28(14)18)21(31)26-7-11-4-5-13(24)16(23)17(11)25/h3-6,8,10,14-15,30H,7,9H2,1-2H3,(H,26,31)/t10-,14+,15-/m0/s1. The van der Waals surface area contributed by atoms with E-state index in [1.165, 1.54) is 22.8 Å². The Hall–Kier alpha value is -3.24. The molecule has 2 aliphatic heterocycles. The van der Waals surface area contributed by atoms with Gasteiger partial charge >= 0.3 is 0 Å². The summed E-state index contributed by atoms with van der Waals surface area (Å²) in [5.74, 6) is -4.30. The van der Waals surface area contributed by atoms with Gasteiger partial charge in [0.05, 0.1) is 12.1 Å². The Morgan fingerprint density at radius 2 is 2.03 bits per heavy atom. The molecule has 174 valence electrons. The molecule has 1 aromatic carbocycles. The van der Waals surface area contributed by atoms with Crippen LogP contribution in [0.3, 0.4) is 0 Å². The van der Waals surface area contributed by atoms with Crippen LogP contribution in [0.25, 0.3) is 0 Å². The van der Waals surface area contributed by atoms with E-state index in [1.54, 1.807) is 19.1 Å². The molecule has 0 fully saturated rings. The fourth-order valence-electron chi connectivity index (χ4n) is 4.09. The molecule has 4 rings (SSSR count). The van der Waals surface area contributed by atoms with Gasteiger partial charge in [0, 0.05) is 38.0 Å². The quantitative estimate of drug-likeness (QED) is 0.518. The lowest BCUT2D eigenvalue weighted by Crippen LogP contribution is -2.49. The SMILES string of the molecule is CO[C@H]1C=C[C@H](C)N2C[C@H]1n1cc(C(=O)NCc3ccc(F)c(Cl)c3F)c(=O)c(O)c1C2=O. The third kappa shape index (κ3) is 3.79. The summed E-state index contributed by atoms with van der Waals surface area (Å²) in [4.78, 5) is 40.0. The molecule has 3 heterocycles. The molecule has 0 saturated carbocycles. The number of benzene rings is 1. The van der Waals surface area contributed by atoms with Crippen molar-refractivity contribution < 1.29 is 28.2 Å². The van der Waals surface area contributed by atoms with E-state index in [9.17, 15) is 28.3 Å². The lowest BCUT2D eigenvalue weighted by molar-refractivity contribution is 0.0435. The Bertz CT molecular complexity index is 1250. The van der Waals surface area contributed by atoms with Gasteiger partial charge < -0.3 is 24.6 Å². The van der Waals surface area contributed by atoms with Gasteiger partial charge in [-0.05, 0) is 13.0 Å². The molecular weight excluding hydrogens is 460 g/mol. The molecule has 0 aliphatic carbocycles. The van der Waals surface area contributed by atoms with Gasteiger partial charge in [-0.3, -0.25) is 14.4 Å². The van der Waals surface area contributed by atoms with Gasteiger partial charge in [-0.25, -0.2) is 8.78 Å². The van der Waals surface area contributed by atoms with Gasteiger partial charge in [0.2, 0.25) is 5.43 Å². The van der Waals surface area contributed by atoms with Gasteiger partial charge in [-0.1, -0.05) is 29.8 Å². The molecule has 33 heavy (non-hydrogen) atoms. The summed E-state index contributed by atoms with van der Waals surface area (Å²) < 4.78 is 34.4. The summed E-state index contributed by atoms with van der Waals surface area (Å²) in [6, 6.07) is 1.28. The number of hydrogen-bond donors (Lipinski definition) is 2. The van der Waals surface area contributed by atoms with Crippen LogP contribution in [0.2, 0.25) is 5.02 Å². The zero-order valence-corrected chi connectivity index (χ0v) is 18.4. The number of nitrogens with zero attached hydrogens (tertiary/aromatic N) is 2. The van der Waals surface area contributed by atoms with Gasteiger partial charge in [-0.15, -0.1) is 0 Å². The van der Waals surface area contributed by atoms with E-state index in [2.05, 4.69) is 5.32 Å². The van der Waals surface area contributed by atoms with Crippen LogP contribution < -0.4 is 10.7 Å². The third-order valence-corrected chi connectivity index (χ3v) is 6.28. The maximum atomic E-state index is 14.1. The molecule has 0 unspecified atom stereocenters. The Balaban J connectivity index is 1.71. The lowest BCUT2D eigenvalue weighted by atomic mass is 10.0. The number of fused-ring (bicyclic) bond motifs is 4. The number of carbonyl (C=O) groups excluding carboxylic acids is 2. The van der Waals surface area contributed by atoms with Gasteiger partial charge in [0.15, 0.2) is 11.4 Å². The Morgan fingerprint density at radius 1 is 1.30 bits per heavy atom. The minimum absolute atomic E-state index is 0.0924. The minimum Gasteiger partial charge on any atom is -0.503 e. The van der Waals surface area contributed by atoms with Crippen molar-refractivity contribution in [2.24, 2.45) is 0 Å². The van der Waals surface area contributed by atoms with Crippen molar-refractivity contribution in [1.29, 1.82) is 0 Å². The second-order valence-corrected chi connectivity index (χ2v) is 8.22. The summed E-state index contributed by atoms with van der Waals surface area (Å²) in [5.41, 5.74) is -1.81. The number of nitrogens with one attached hydrogen (secondary N) is 1. The third-order valence-electron chi connectivity index (χ3n) is 5.94. The van der Waals surface area contributed by atoms with Crippen LogP contribution in [0.4, 0.5) is 8.78 Å². The second-order valence-electron chi connectivity index (χ2n) is 7.84. The summed E-state index contributed by atoms with van der Waals surface area (Å²) in [5, 5.41) is 12.2. The number of amides is 2. The molecule has 2 aromatic rings. The smallest absolute Gasteiger partial charge is 0.275 e. The molecule has 2 aliphatic rings. The highest BCUT2D eigenvalue weighted by molar-refractivity contribution is 6.30. The van der Waals surface area contributed by atoms with Crippen molar-refractivity contribution >= 4 is 23.4 Å². The van der Waals surface area contributed by atoms with E-state index in [0.717, 1.165) is 12.1 Å². The second kappa shape index (κ2) is 8.60. The molecule has 3 atom stereocenters. The minimum atomic E-state index is -1.04. The average molecular weight is 480 g/mol. The molecular formula is C22H20ClF2N3O5. The fourth-order valence-corrected chi connectivity index (χ4v) is 4.27. The normalized spacial score (nSPS) is 21.5. The number of carbonyl (C=O) groups is 2. The number of rotatable bonds is 4. The molecule has 0 spiro atoms. The zero-order chi connectivity index (χ0) is 24.0. The largest absolute Gasteiger partial charge is 0.503 e. The monoisotopic (exact) mass is 479 g/mol. The highest BCUT2D eigenvalue weighted by Gasteiger charge is 2.41. The number of aromatic hydroxyl groups is 1. The van der Waals surface area contributed by atoms with Crippen molar-refractivity contribution in [3.8, 4) is 5.75 Å². The van der Waals surface area contributed by atoms with E-state index in [0.29, 0.717) is 0 Å². The number of aromatic nitrogens is 1. The van der Waals surface area contributed by atoms with Crippen LogP contribution in [0.5, 0.6) is 5.75 Å². The van der Waals surface area contributed by atoms with Gasteiger partial charge in [0.25, 0.3) is 11.8 Å². The topological polar surface area (TPSA) is 101 Å². The van der Waals surface area contributed by atoms with E-state index in [4.69, 9.17) is 16.3 Å². The van der Waals surface area contributed by atoms with Crippen LogP contribution in [-0.4, -0.2) is 52.2 Å². The molecule has 8 nitrogen and oxygen atoms in total. The number of ether oxygens (including phenoxy) is 1. The van der Waals surface area contributed by atoms with E-state index in [-0.39, 0.29) is 30.4 Å². The fraction of sp³-hybridized carbons (Fsp3) is 0.318. The first-order valence-corrected chi connectivity index (χ1v) is 10.4. The van der Waals surface area contributed by atoms with Gasteiger partial charge in [-0.2, -0.15) is 0 Å². The number of halogens is 3. The van der Waals surface area contributed by atoms with Crippen molar-refractivity contribution in [2.45, 2.75) is 31.7 Å². The average Bonchev–Trinajstić information content (AvgIpc) is 2.94. The zero-order valence-electron chi connectivity index (χ0n) is 17.6. The maximum Gasteiger partial charge on any atom is 0.275 e. The molecule has 1 aromatic heterocycles. The number of hydrogen-bond acceptors (Lipinski definition) is 5. The number of methoxy groups -OCH3 is 1. The Morgan fingerprint density at radius 3 is 2.73 bits per heavy atom. The van der Waals surface area contributed by atoms with Crippen LogP contribution in [-0.2, 0) is 11.3 Å². The van der Waals surface area contributed by atoms with Crippen LogP contribution in [0.1, 0.15) is 39.4 Å². The first-order valence-electron chi connectivity index (χ1n) is 10.1. The Labute approximate surface area is 192 Å². The summed E-state index contributed by atoms with van der Waals surface area (Å²) >= 11 is 5.55. The van der Waals surface area contributed by atoms with Crippen molar-refractivity contribution in [2.75, 3.05) is 13.7 Å². The van der Waals surface area contributed by atoms with Crippen molar-refractivity contribution in [3.05, 3.63) is 74.2 Å². The molecule has 2 amide bonds. The molecule has 0 saturated heterocycles. The van der Waals surface area contributed by atoms with Crippen LogP contribution >= 0.6 is 11.6 Å². The summed E-state index contributed by atoms with van der Waals surface area (Å²) in [6.45, 7) is 1.65. The summed E-state index contributed by atoms with van der Waals surface area (Å²) in [7, 11) is 1.49. The Kier molecular flexibility index (Phi) is 5.98. The molecule has 11 heteroatoms. The summed E-state index contributed by atoms with van der Waals surface area (Å²) in [6.07, 6.45) is 4.28. The molecule has 2 bridgehead atoms. The van der Waals surface area contributed by atoms with Crippen LogP contribution in [0, 0.1) is 11.6 Å². The predicted octanol–water partition coefficient (Wildman–Crippen LogP) is 2.39. The lowest BCUT2D eigenvalue weighted by Gasteiger charge is -2.38. The van der Waals surface area contributed by atoms with Crippen molar-refractivity contribution in [3.63, 3.8) is 0 Å². The van der Waals surface area contributed by atoms with E-state index < -0.39 is 57.4 Å². The maximum absolute atomic E-state index is 14.1. The van der Waals surface area contributed by atoms with Gasteiger partial charge in [0.1, 0.15) is 22.2 Å². The highest BCUT2D eigenvalue weighted by atomic mass is 35.5. The highest BCUT2D eigenvalue weighted by Crippen LogP contribution is 2.33. The molecule has 0 radical (unpaired) electrons. The molecule has 2 N–H and O–H groups in total. The van der Waals surface area contributed by atoms with Crippen molar-refractivity contribution in [1.82, 2.24) is 14.8 Å². The predicted molar refractivity (Wildman–Crippen MR) is 114 cm³/mol. The van der Waals surface area contributed by atoms with E-state index >= 15 is 0 Å². The first-order chi connectivity index (χ1) is 15.6. The first kappa shape index (κ1) is 22.9.